The molecule has 1 unspecified atom stereocenters. The molecule has 0 aliphatic heterocycles. The Morgan fingerprint density at radius 2 is 2.10 bits per heavy atom. The van der Waals surface area contributed by atoms with Gasteiger partial charge in [0.05, 0.1) is 6.04 Å². The summed E-state index contributed by atoms with van der Waals surface area (Å²) >= 11 is 1.55. The zero-order valence-corrected chi connectivity index (χ0v) is 12.8. The van der Waals surface area contributed by atoms with E-state index < -0.39 is 18.0 Å². The third-order valence-corrected chi connectivity index (χ3v) is 4.14. The summed E-state index contributed by atoms with van der Waals surface area (Å²) in [6, 6.07) is -1.57. The highest BCUT2D eigenvalue weighted by Gasteiger charge is 2.20. The van der Waals surface area contributed by atoms with Crippen molar-refractivity contribution in [1.29, 1.82) is 0 Å². The number of carbonyl (C=O) groups is 2. The van der Waals surface area contributed by atoms with Gasteiger partial charge in [-0.3, -0.25) is 0 Å². The van der Waals surface area contributed by atoms with Crippen LogP contribution in [0.25, 0.3) is 0 Å². The van der Waals surface area contributed by atoms with Gasteiger partial charge in [0.2, 0.25) is 0 Å². The molecule has 1 aromatic heterocycles. The number of amides is 2. The topological polar surface area (TPSA) is 91.3 Å². The summed E-state index contributed by atoms with van der Waals surface area (Å²) in [7, 11) is 0. The zero-order valence-electron chi connectivity index (χ0n) is 12.0. The normalized spacial score (nSPS) is 13.6. The molecular formula is C13H21N3O3S. The molecule has 20 heavy (non-hydrogen) atoms. The van der Waals surface area contributed by atoms with E-state index in [1.165, 1.54) is 0 Å². The first-order chi connectivity index (χ1) is 9.47. The first-order valence-corrected chi connectivity index (χ1v) is 7.54. The molecule has 7 heteroatoms. The molecule has 3 N–H and O–H groups in total. The number of rotatable bonds is 7. The molecule has 0 bridgehead atoms. The lowest BCUT2D eigenvalue weighted by Crippen LogP contribution is -2.46. The monoisotopic (exact) mass is 299 g/mol. The van der Waals surface area contributed by atoms with Crippen molar-refractivity contribution in [2.45, 2.75) is 52.1 Å². The highest BCUT2D eigenvalue weighted by molar-refractivity contribution is 7.11. The average molecular weight is 299 g/mol. The van der Waals surface area contributed by atoms with Crippen LogP contribution in [-0.4, -0.2) is 28.1 Å². The Balaban J connectivity index is 2.54. The Morgan fingerprint density at radius 3 is 2.60 bits per heavy atom. The molecule has 2 atom stereocenters. The van der Waals surface area contributed by atoms with Gasteiger partial charge in [0.25, 0.3) is 0 Å². The number of aromatic nitrogens is 1. The molecule has 1 rings (SSSR count). The van der Waals surface area contributed by atoms with Crippen molar-refractivity contribution in [3.8, 4) is 0 Å². The molecule has 0 saturated carbocycles. The van der Waals surface area contributed by atoms with Crippen LogP contribution >= 0.6 is 11.3 Å². The van der Waals surface area contributed by atoms with Crippen molar-refractivity contribution in [3.05, 3.63) is 16.1 Å². The fourth-order valence-corrected chi connectivity index (χ4v) is 2.55. The number of carbonyl (C=O) groups excluding carboxylic acids is 1. The number of carboxylic acid groups (broad SMARTS) is 1. The summed E-state index contributed by atoms with van der Waals surface area (Å²) in [5, 5.41) is 15.0. The van der Waals surface area contributed by atoms with Crippen LogP contribution in [0.2, 0.25) is 0 Å². The van der Waals surface area contributed by atoms with E-state index in [0.29, 0.717) is 12.8 Å². The van der Waals surface area contributed by atoms with Crippen molar-refractivity contribution < 1.29 is 14.7 Å². The van der Waals surface area contributed by atoms with Gasteiger partial charge in [0, 0.05) is 11.1 Å². The Hall–Kier alpha value is -1.63. The number of nitrogens with zero attached hydrogens (tertiary/aromatic N) is 1. The van der Waals surface area contributed by atoms with Crippen LogP contribution in [0.4, 0.5) is 4.79 Å². The summed E-state index contributed by atoms with van der Waals surface area (Å²) in [6.07, 6.45) is 3.81. The molecule has 0 aliphatic rings. The van der Waals surface area contributed by atoms with Crippen molar-refractivity contribution in [1.82, 2.24) is 15.6 Å². The van der Waals surface area contributed by atoms with E-state index in [4.69, 9.17) is 5.11 Å². The van der Waals surface area contributed by atoms with Crippen LogP contribution in [0, 0.1) is 0 Å². The minimum absolute atomic E-state index is 0.239. The highest BCUT2D eigenvalue weighted by atomic mass is 32.1. The van der Waals surface area contributed by atoms with E-state index in [-0.39, 0.29) is 6.04 Å². The van der Waals surface area contributed by atoms with Gasteiger partial charge in [-0.1, -0.05) is 20.3 Å². The Labute approximate surface area is 122 Å². The van der Waals surface area contributed by atoms with Gasteiger partial charge in [0.15, 0.2) is 0 Å². The molecule has 1 heterocycles. The van der Waals surface area contributed by atoms with Crippen molar-refractivity contribution >= 4 is 23.3 Å². The lowest BCUT2D eigenvalue weighted by molar-refractivity contribution is -0.139. The third-order valence-electron chi connectivity index (χ3n) is 2.82. The summed E-state index contributed by atoms with van der Waals surface area (Å²) < 4.78 is 0. The molecule has 2 amide bonds. The van der Waals surface area contributed by atoms with E-state index in [2.05, 4.69) is 15.6 Å². The van der Waals surface area contributed by atoms with E-state index in [1.54, 1.807) is 17.5 Å². The van der Waals surface area contributed by atoms with E-state index in [0.717, 1.165) is 16.3 Å². The van der Waals surface area contributed by atoms with Gasteiger partial charge in [-0.25, -0.2) is 14.6 Å². The molecule has 0 fully saturated rings. The van der Waals surface area contributed by atoms with Crippen LogP contribution < -0.4 is 10.6 Å². The van der Waals surface area contributed by atoms with Crippen molar-refractivity contribution in [3.63, 3.8) is 0 Å². The second kappa shape index (κ2) is 7.84. The minimum atomic E-state index is -1.02. The number of hydrogen-bond acceptors (Lipinski definition) is 4. The number of carboxylic acids is 1. The number of aryl methyl sites for hydroxylation is 1. The van der Waals surface area contributed by atoms with Gasteiger partial charge in [-0.15, -0.1) is 11.3 Å². The fraction of sp³-hybridized carbons (Fsp3) is 0.615. The molecule has 0 radical (unpaired) electrons. The van der Waals surface area contributed by atoms with E-state index in [1.807, 2.05) is 20.8 Å². The zero-order chi connectivity index (χ0) is 15.1. The molecule has 0 spiro atoms. The van der Waals surface area contributed by atoms with Gasteiger partial charge in [0.1, 0.15) is 11.0 Å². The Morgan fingerprint density at radius 1 is 1.40 bits per heavy atom. The number of hydrogen-bond donors (Lipinski definition) is 3. The first-order valence-electron chi connectivity index (χ1n) is 6.72. The number of thiazole rings is 1. The van der Waals surface area contributed by atoms with Crippen molar-refractivity contribution in [2.75, 3.05) is 0 Å². The maximum atomic E-state index is 11.8. The molecular weight excluding hydrogens is 278 g/mol. The number of nitrogens with one attached hydrogen (secondary N) is 2. The van der Waals surface area contributed by atoms with Crippen LogP contribution in [0.15, 0.2) is 6.20 Å². The second-order valence-corrected chi connectivity index (χ2v) is 5.68. The standard InChI is InChI=1S/C13H21N3O3S/c1-4-6-10(12(17)18)16-13(19)15-8(3)11-14-7-9(5-2)20-11/h7-8,10H,4-6H2,1-3H3,(H,17,18)(H2,15,16,19)/t8?,10-/m1/s1. The molecule has 0 saturated heterocycles. The smallest absolute Gasteiger partial charge is 0.326 e. The summed E-state index contributed by atoms with van der Waals surface area (Å²) in [6.45, 7) is 5.75. The minimum Gasteiger partial charge on any atom is -0.480 e. The maximum absolute atomic E-state index is 11.8. The van der Waals surface area contributed by atoms with E-state index >= 15 is 0 Å². The SMILES string of the molecule is CCC[C@@H](NC(=O)NC(C)c1ncc(CC)s1)C(=O)O. The molecule has 0 aromatic carbocycles. The second-order valence-electron chi connectivity index (χ2n) is 4.54. The summed E-state index contributed by atoms with van der Waals surface area (Å²) in [5.74, 6) is -1.02. The van der Waals surface area contributed by atoms with Crippen molar-refractivity contribution in [2.24, 2.45) is 0 Å². The van der Waals surface area contributed by atoms with Crippen LogP contribution in [-0.2, 0) is 11.2 Å². The van der Waals surface area contributed by atoms with Gasteiger partial charge < -0.3 is 15.7 Å². The highest BCUT2D eigenvalue weighted by Crippen LogP contribution is 2.20. The largest absolute Gasteiger partial charge is 0.480 e. The molecule has 0 aliphatic carbocycles. The van der Waals surface area contributed by atoms with Crippen LogP contribution in [0.3, 0.4) is 0 Å². The summed E-state index contributed by atoms with van der Waals surface area (Å²) in [4.78, 5) is 28.2. The van der Waals surface area contributed by atoms with Gasteiger partial charge >= 0.3 is 12.0 Å². The Kier molecular flexibility index (Phi) is 6.44. The average Bonchev–Trinajstić information content (AvgIpc) is 2.86. The molecule has 1 aromatic rings. The number of aliphatic carboxylic acids is 1. The summed E-state index contributed by atoms with van der Waals surface area (Å²) in [5.41, 5.74) is 0. The Bertz CT molecular complexity index is 461. The number of urea groups is 1. The van der Waals surface area contributed by atoms with E-state index in [9.17, 15) is 9.59 Å². The van der Waals surface area contributed by atoms with Gasteiger partial charge in [-0.05, 0) is 19.8 Å². The fourth-order valence-electron chi connectivity index (χ4n) is 1.69. The predicted molar refractivity (Wildman–Crippen MR) is 77.9 cm³/mol. The van der Waals surface area contributed by atoms with Crippen LogP contribution in [0.5, 0.6) is 0 Å². The maximum Gasteiger partial charge on any atom is 0.326 e. The quantitative estimate of drug-likeness (QED) is 0.720. The van der Waals surface area contributed by atoms with Crippen LogP contribution in [0.1, 0.15) is 49.5 Å². The first kappa shape index (κ1) is 16.4. The lowest BCUT2D eigenvalue weighted by atomic mass is 10.2. The van der Waals surface area contributed by atoms with Gasteiger partial charge in [-0.2, -0.15) is 0 Å². The predicted octanol–water partition coefficient (Wildman–Crippen LogP) is 2.32. The lowest BCUT2D eigenvalue weighted by Gasteiger charge is -2.16. The molecule has 6 nitrogen and oxygen atoms in total. The third kappa shape index (κ3) is 4.80. The molecule has 112 valence electrons.